The Balaban J connectivity index is 1.50. The van der Waals surface area contributed by atoms with Gasteiger partial charge >= 0.3 is 12.2 Å². The van der Waals surface area contributed by atoms with Crippen molar-refractivity contribution in [2.75, 3.05) is 0 Å². The number of rotatable bonds is 6. The van der Waals surface area contributed by atoms with Gasteiger partial charge in [-0.05, 0) is 30.4 Å². The first kappa shape index (κ1) is 20.7. The Bertz CT molecular complexity index is 784. The van der Waals surface area contributed by atoms with Crippen LogP contribution in [0, 0.1) is 0 Å². The van der Waals surface area contributed by atoms with E-state index in [9.17, 15) is 14.7 Å². The average molecular weight is 398 g/mol. The Morgan fingerprint density at radius 3 is 1.90 bits per heavy atom. The zero-order valence-electron chi connectivity index (χ0n) is 16.1. The lowest BCUT2D eigenvalue weighted by atomic mass is 9.88. The summed E-state index contributed by atoms with van der Waals surface area (Å²) in [6.07, 6.45) is -0.0848. The van der Waals surface area contributed by atoms with E-state index in [2.05, 4.69) is 10.6 Å². The van der Waals surface area contributed by atoms with Crippen molar-refractivity contribution < 1.29 is 24.2 Å². The number of nitrogens with one attached hydrogen (secondary N) is 2. The number of carbonyl (C=O) groups excluding carboxylic acids is 2. The minimum absolute atomic E-state index is 0.132. The van der Waals surface area contributed by atoms with Crippen molar-refractivity contribution in [3.8, 4) is 0 Å². The summed E-state index contributed by atoms with van der Waals surface area (Å²) >= 11 is 0. The van der Waals surface area contributed by atoms with E-state index >= 15 is 0 Å². The van der Waals surface area contributed by atoms with Crippen LogP contribution in [0.4, 0.5) is 9.59 Å². The van der Waals surface area contributed by atoms with Crippen LogP contribution in [0.5, 0.6) is 0 Å². The van der Waals surface area contributed by atoms with Gasteiger partial charge in [0.1, 0.15) is 13.2 Å². The summed E-state index contributed by atoms with van der Waals surface area (Å²) in [4.78, 5) is 24.4. The van der Waals surface area contributed by atoms with Crippen LogP contribution in [0.25, 0.3) is 0 Å². The number of aliphatic hydroxyl groups excluding tert-OH is 1. The van der Waals surface area contributed by atoms with Crippen molar-refractivity contribution in [1.82, 2.24) is 10.6 Å². The van der Waals surface area contributed by atoms with Gasteiger partial charge in [0.15, 0.2) is 0 Å². The van der Waals surface area contributed by atoms with Crippen LogP contribution in [-0.2, 0) is 22.7 Å². The third kappa shape index (κ3) is 6.50. The van der Waals surface area contributed by atoms with Crippen LogP contribution in [0.3, 0.4) is 0 Å². The van der Waals surface area contributed by atoms with Gasteiger partial charge in [-0.15, -0.1) is 0 Å². The summed E-state index contributed by atoms with van der Waals surface area (Å²) in [5, 5.41) is 15.8. The van der Waals surface area contributed by atoms with E-state index in [0.717, 1.165) is 17.5 Å². The quantitative estimate of drug-likeness (QED) is 0.695. The van der Waals surface area contributed by atoms with Crippen LogP contribution < -0.4 is 10.6 Å². The van der Waals surface area contributed by atoms with Gasteiger partial charge in [-0.1, -0.05) is 60.7 Å². The molecule has 7 heteroatoms. The predicted octanol–water partition coefficient (Wildman–Crippen LogP) is 3.12. The number of alkyl carbamates (subject to hydrolysis) is 2. The first-order valence-electron chi connectivity index (χ1n) is 9.74. The molecule has 0 unspecified atom stereocenters. The monoisotopic (exact) mass is 398 g/mol. The minimum Gasteiger partial charge on any atom is -0.445 e. The van der Waals surface area contributed by atoms with Crippen LogP contribution in [0.15, 0.2) is 60.7 Å². The number of hydrogen-bond donors (Lipinski definition) is 3. The van der Waals surface area contributed by atoms with Gasteiger partial charge in [-0.25, -0.2) is 9.59 Å². The van der Waals surface area contributed by atoms with Crippen molar-refractivity contribution in [3.63, 3.8) is 0 Å². The molecule has 0 radical (unpaired) electrons. The molecule has 1 aliphatic rings. The molecule has 2 aromatic carbocycles. The van der Waals surface area contributed by atoms with Gasteiger partial charge < -0.3 is 25.2 Å². The second-order valence-corrected chi connectivity index (χ2v) is 7.04. The maximum atomic E-state index is 12.2. The number of hydrogen-bond acceptors (Lipinski definition) is 5. The molecule has 3 atom stereocenters. The van der Waals surface area contributed by atoms with Gasteiger partial charge in [0, 0.05) is 0 Å². The highest BCUT2D eigenvalue weighted by Crippen LogP contribution is 2.20. The van der Waals surface area contributed by atoms with Crippen molar-refractivity contribution in [3.05, 3.63) is 71.8 Å². The number of aliphatic hydroxyl groups is 1. The zero-order chi connectivity index (χ0) is 20.5. The van der Waals surface area contributed by atoms with E-state index in [4.69, 9.17) is 9.47 Å². The second-order valence-electron chi connectivity index (χ2n) is 7.04. The molecular weight excluding hydrogens is 372 g/mol. The van der Waals surface area contributed by atoms with Crippen LogP contribution in [0.1, 0.15) is 30.4 Å². The number of amides is 2. The molecule has 0 spiro atoms. The molecule has 1 saturated carbocycles. The maximum Gasteiger partial charge on any atom is 0.407 e. The molecule has 0 bridgehead atoms. The van der Waals surface area contributed by atoms with Crippen molar-refractivity contribution in [1.29, 1.82) is 0 Å². The fourth-order valence-electron chi connectivity index (χ4n) is 3.35. The fourth-order valence-corrected chi connectivity index (χ4v) is 3.35. The highest BCUT2D eigenvalue weighted by Gasteiger charge is 2.35. The number of benzene rings is 2. The third-order valence-electron chi connectivity index (χ3n) is 4.88. The van der Waals surface area contributed by atoms with E-state index in [1.807, 2.05) is 60.7 Å². The molecule has 2 amide bonds. The molecule has 0 aromatic heterocycles. The second kappa shape index (κ2) is 10.5. The van der Waals surface area contributed by atoms with Gasteiger partial charge in [-0.3, -0.25) is 0 Å². The highest BCUT2D eigenvalue weighted by atomic mass is 16.6. The first-order chi connectivity index (χ1) is 14.1. The van der Waals surface area contributed by atoms with Crippen molar-refractivity contribution >= 4 is 12.2 Å². The molecule has 3 N–H and O–H groups in total. The summed E-state index contributed by atoms with van der Waals surface area (Å²) < 4.78 is 10.5. The molecule has 2 aromatic rings. The van der Waals surface area contributed by atoms with Crippen molar-refractivity contribution in [2.24, 2.45) is 0 Å². The average Bonchev–Trinajstić information content (AvgIpc) is 2.75. The lowest BCUT2D eigenvalue weighted by Crippen LogP contribution is -2.59. The van der Waals surface area contributed by atoms with Crippen LogP contribution >= 0.6 is 0 Å². The summed E-state index contributed by atoms with van der Waals surface area (Å²) in [7, 11) is 0. The smallest absolute Gasteiger partial charge is 0.407 e. The first-order valence-corrected chi connectivity index (χ1v) is 9.74. The lowest BCUT2D eigenvalue weighted by molar-refractivity contribution is 0.0578. The zero-order valence-corrected chi connectivity index (χ0v) is 16.1. The van der Waals surface area contributed by atoms with E-state index in [0.29, 0.717) is 12.8 Å². The summed E-state index contributed by atoms with van der Waals surface area (Å²) in [5.74, 6) is 0. The highest BCUT2D eigenvalue weighted by molar-refractivity contribution is 5.69. The molecule has 7 nitrogen and oxygen atoms in total. The van der Waals surface area contributed by atoms with Gasteiger partial charge in [0.2, 0.25) is 0 Å². The van der Waals surface area contributed by atoms with E-state index < -0.39 is 30.4 Å². The Labute approximate surface area is 170 Å². The number of carbonyl (C=O) groups is 2. The van der Waals surface area contributed by atoms with E-state index in [1.54, 1.807) is 0 Å². The topological polar surface area (TPSA) is 96.9 Å². The Morgan fingerprint density at radius 2 is 1.34 bits per heavy atom. The molecule has 0 heterocycles. The number of ether oxygens (including phenoxy) is 2. The normalized spacial score (nSPS) is 21.1. The summed E-state index contributed by atoms with van der Waals surface area (Å²) in [5.41, 5.74) is 1.75. The standard InChI is InChI=1S/C22H26N2O5/c25-19-13-7-12-18(23-21(26)28-14-16-8-3-1-4-9-16)20(19)24-22(27)29-15-17-10-5-2-6-11-17/h1-6,8-11,18-20,25H,7,12-15H2,(H,23,26)(H,24,27)/t18-,19+,20-/m0/s1. The van der Waals surface area contributed by atoms with Crippen LogP contribution in [-0.4, -0.2) is 35.5 Å². The third-order valence-corrected chi connectivity index (χ3v) is 4.88. The van der Waals surface area contributed by atoms with Gasteiger partial charge in [0.25, 0.3) is 0 Å². The Morgan fingerprint density at radius 1 is 0.828 bits per heavy atom. The van der Waals surface area contributed by atoms with Gasteiger partial charge in [-0.2, -0.15) is 0 Å². The fraction of sp³-hybridized carbons (Fsp3) is 0.364. The molecule has 1 aliphatic carbocycles. The van der Waals surface area contributed by atoms with Crippen molar-refractivity contribution in [2.45, 2.75) is 50.7 Å². The van der Waals surface area contributed by atoms with E-state index in [-0.39, 0.29) is 13.2 Å². The molecule has 1 fully saturated rings. The summed E-state index contributed by atoms with van der Waals surface area (Å²) in [6.45, 7) is 0.284. The molecule has 3 rings (SSSR count). The Hall–Kier alpha value is -3.06. The lowest BCUT2D eigenvalue weighted by Gasteiger charge is -2.35. The summed E-state index contributed by atoms with van der Waals surface area (Å²) in [6, 6.07) is 17.6. The molecule has 0 aliphatic heterocycles. The SMILES string of the molecule is O=C(N[C@@H]1[C@H](O)CCC[C@@H]1NC(=O)OCc1ccccc1)OCc1ccccc1. The maximum absolute atomic E-state index is 12.2. The minimum atomic E-state index is -0.771. The largest absolute Gasteiger partial charge is 0.445 e. The predicted molar refractivity (Wildman–Crippen MR) is 107 cm³/mol. The van der Waals surface area contributed by atoms with Gasteiger partial charge in [0.05, 0.1) is 18.2 Å². The molecular formula is C22H26N2O5. The van der Waals surface area contributed by atoms with E-state index in [1.165, 1.54) is 0 Å². The molecule has 29 heavy (non-hydrogen) atoms. The molecule has 0 saturated heterocycles. The van der Waals surface area contributed by atoms with Crippen LogP contribution in [0.2, 0.25) is 0 Å². The Kier molecular flexibility index (Phi) is 7.47. The molecule has 154 valence electrons.